The molecule has 1 saturated carbocycles. The summed E-state index contributed by atoms with van der Waals surface area (Å²) in [7, 11) is 1.38. The third kappa shape index (κ3) is 3.47. The lowest BCUT2D eigenvalue weighted by Gasteiger charge is -2.38. The van der Waals surface area contributed by atoms with Crippen LogP contribution in [0.15, 0.2) is 18.2 Å². The van der Waals surface area contributed by atoms with E-state index in [1.54, 1.807) is 6.07 Å². The maximum Gasteiger partial charge on any atom is 0.337 e. The van der Waals surface area contributed by atoms with E-state index in [0.29, 0.717) is 24.3 Å². The third-order valence-electron chi connectivity index (χ3n) is 4.42. The first kappa shape index (κ1) is 16.2. The van der Waals surface area contributed by atoms with Gasteiger partial charge >= 0.3 is 5.97 Å². The molecule has 0 radical (unpaired) electrons. The molecule has 1 aromatic carbocycles. The first-order valence-corrected chi connectivity index (χ1v) is 8.66. The van der Waals surface area contributed by atoms with E-state index in [9.17, 15) is 9.59 Å². The number of ether oxygens (including phenoxy) is 1. The van der Waals surface area contributed by atoms with Gasteiger partial charge in [-0.2, -0.15) is 12.6 Å². The van der Waals surface area contributed by atoms with Gasteiger partial charge in [0.2, 0.25) is 5.91 Å². The Labute approximate surface area is 142 Å². The van der Waals surface area contributed by atoms with Gasteiger partial charge in [0.15, 0.2) is 0 Å². The minimum atomic E-state index is -0.349. The average Bonchev–Trinajstić information content (AvgIpc) is 3.38. The molecule has 5 nitrogen and oxygen atoms in total. The van der Waals surface area contributed by atoms with Gasteiger partial charge in [-0.05, 0) is 42.7 Å². The standard InChI is InChI=1S/C17H22N2O3S/c1-22-17(21)13-4-5-14-15(10-13)18(11-12-2-3-12)7-8-19(14)16(20)6-9-23/h4-5,10,12,23H,2-3,6-9,11H2,1H3. The van der Waals surface area contributed by atoms with Crippen molar-refractivity contribution in [3.8, 4) is 0 Å². The van der Waals surface area contributed by atoms with E-state index in [2.05, 4.69) is 17.5 Å². The van der Waals surface area contributed by atoms with E-state index in [0.717, 1.165) is 30.4 Å². The molecule has 0 unspecified atom stereocenters. The summed E-state index contributed by atoms with van der Waals surface area (Å²) in [5.41, 5.74) is 2.37. The molecule has 124 valence electrons. The normalized spacial score (nSPS) is 17.0. The Kier molecular flexibility index (Phi) is 4.80. The van der Waals surface area contributed by atoms with E-state index in [4.69, 9.17) is 4.74 Å². The summed E-state index contributed by atoms with van der Waals surface area (Å²) < 4.78 is 4.82. The quantitative estimate of drug-likeness (QED) is 0.663. The number of nitrogens with zero attached hydrogens (tertiary/aromatic N) is 2. The van der Waals surface area contributed by atoms with Crippen molar-refractivity contribution in [2.75, 3.05) is 42.3 Å². The van der Waals surface area contributed by atoms with Crippen molar-refractivity contribution in [2.24, 2.45) is 5.92 Å². The van der Waals surface area contributed by atoms with Crippen LogP contribution < -0.4 is 9.80 Å². The molecule has 1 heterocycles. The molecule has 1 aliphatic heterocycles. The monoisotopic (exact) mass is 334 g/mol. The Bertz CT molecular complexity index is 616. The Morgan fingerprint density at radius 1 is 1.26 bits per heavy atom. The molecule has 2 aliphatic rings. The predicted octanol–water partition coefficient (Wildman–Crippen LogP) is 2.36. The Balaban J connectivity index is 1.94. The zero-order chi connectivity index (χ0) is 16.4. The number of anilines is 2. The van der Waals surface area contributed by atoms with Crippen molar-refractivity contribution in [3.63, 3.8) is 0 Å². The number of methoxy groups -OCH3 is 1. The fraction of sp³-hybridized carbons (Fsp3) is 0.529. The molecule has 0 atom stereocenters. The molecule has 0 bridgehead atoms. The van der Waals surface area contributed by atoms with E-state index < -0.39 is 0 Å². The number of hydrogen-bond acceptors (Lipinski definition) is 5. The van der Waals surface area contributed by atoms with E-state index >= 15 is 0 Å². The van der Waals surface area contributed by atoms with Gasteiger partial charge in [-0.3, -0.25) is 4.79 Å². The van der Waals surface area contributed by atoms with Crippen LogP contribution in [0.1, 0.15) is 29.6 Å². The number of rotatable bonds is 5. The van der Waals surface area contributed by atoms with E-state index in [1.165, 1.54) is 20.0 Å². The van der Waals surface area contributed by atoms with Gasteiger partial charge in [0.05, 0.1) is 24.0 Å². The second kappa shape index (κ2) is 6.83. The van der Waals surface area contributed by atoms with Crippen LogP contribution in [-0.2, 0) is 9.53 Å². The molecule has 0 saturated heterocycles. The minimum Gasteiger partial charge on any atom is -0.465 e. The number of carbonyl (C=O) groups excluding carboxylic acids is 2. The maximum atomic E-state index is 12.3. The highest BCUT2D eigenvalue weighted by atomic mass is 32.1. The number of fused-ring (bicyclic) bond motifs is 1. The first-order valence-electron chi connectivity index (χ1n) is 8.02. The van der Waals surface area contributed by atoms with Crippen molar-refractivity contribution in [1.29, 1.82) is 0 Å². The topological polar surface area (TPSA) is 49.9 Å². The smallest absolute Gasteiger partial charge is 0.337 e. The van der Waals surface area contributed by atoms with Gasteiger partial charge in [-0.1, -0.05) is 0 Å². The predicted molar refractivity (Wildman–Crippen MR) is 93.5 cm³/mol. The Hall–Kier alpha value is -1.69. The number of esters is 1. The molecule has 1 fully saturated rings. The highest BCUT2D eigenvalue weighted by Crippen LogP contribution is 2.38. The second-order valence-corrected chi connectivity index (χ2v) is 6.55. The van der Waals surface area contributed by atoms with Crippen LogP contribution in [0.4, 0.5) is 11.4 Å². The summed E-state index contributed by atoms with van der Waals surface area (Å²) >= 11 is 4.16. The molecule has 0 N–H and O–H groups in total. The van der Waals surface area contributed by atoms with Crippen molar-refractivity contribution in [2.45, 2.75) is 19.3 Å². The Morgan fingerprint density at radius 2 is 2.04 bits per heavy atom. The molecule has 6 heteroatoms. The van der Waals surface area contributed by atoms with Crippen LogP contribution in [0.2, 0.25) is 0 Å². The number of amides is 1. The van der Waals surface area contributed by atoms with Crippen LogP contribution in [0.25, 0.3) is 0 Å². The summed E-state index contributed by atoms with van der Waals surface area (Å²) in [5.74, 6) is 1.01. The van der Waals surface area contributed by atoms with Crippen LogP contribution >= 0.6 is 12.6 Å². The SMILES string of the molecule is COC(=O)c1ccc2c(c1)N(CC1CC1)CCN2C(=O)CCS. The summed E-state index contributed by atoms with van der Waals surface area (Å²) in [6.07, 6.45) is 2.96. The van der Waals surface area contributed by atoms with Crippen LogP contribution in [0.5, 0.6) is 0 Å². The third-order valence-corrected chi connectivity index (χ3v) is 4.65. The summed E-state index contributed by atoms with van der Waals surface area (Å²) in [6, 6.07) is 5.44. The number of carbonyl (C=O) groups is 2. The van der Waals surface area contributed by atoms with Crippen LogP contribution in [0.3, 0.4) is 0 Å². The van der Waals surface area contributed by atoms with Gasteiger partial charge in [0.1, 0.15) is 0 Å². The van der Waals surface area contributed by atoms with Gasteiger partial charge in [-0.25, -0.2) is 4.79 Å². The number of hydrogen-bond donors (Lipinski definition) is 1. The van der Waals surface area contributed by atoms with Crippen molar-refractivity contribution in [3.05, 3.63) is 23.8 Å². The van der Waals surface area contributed by atoms with Gasteiger partial charge in [0, 0.05) is 26.1 Å². The zero-order valence-electron chi connectivity index (χ0n) is 13.3. The molecular formula is C17H22N2O3S. The van der Waals surface area contributed by atoms with Crippen LogP contribution in [-0.4, -0.2) is 44.4 Å². The van der Waals surface area contributed by atoms with Crippen molar-refractivity contribution in [1.82, 2.24) is 0 Å². The zero-order valence-corrected chi connectivity index (χ0v) is 14.2. The average molecular weight is 334 g/mol. The number of thiol groups is 1. The highest BCUT2D eigenvalue weighted by molar-refractivity contribution is 7.80. The molecule has 0 spiro atoms. The second-order valence-electron chi connectivity index (χ2n) is 6.10. The molecule has 1 aliphatic carbocycles. The summed E-state index contributed by atoms with van der Waals surface area (Å²) in [5, 5.41) is 0. The van der Waals surface area contributed by atoms with E-state index in [-0.39, 0.29) is 11.9 Å². The minimum absolute atomic E-state index is 0.0816. The number of benzene rings is 1. The summed E-state index contributed by atoms with van der Waals surface area (Å²) in [6.45, 7) is 2.47. The molecular weight excluding hydrogens is 312 g/mol. The van der Waals surface area contributed by atoms with Crippen molar-refractivity contribution < 1.29 is 14.3 Å². The first-order chi connectivity index (χ1) is 11.1. The molecule has 23 heavy (non-hydrogen) atoms. The fourth-order valence-corrected chi connectivity index (χ4v) is 3.19. The van der Waals surface area contributed by atoms with Crippen LogP contribution in [0, 0.1) is 5.92 Å². The molecule has 0 aromatic heterocycles. The van der Waals surface area contributed by atoms with Crippen molar-refractivity contribution >= 4 is 35.9 Å². The lowest BCUT2D eigenvalue weighted by molar-refractivity contribution is -0.118. The Morgan fingerprint density at radius 3 is 2.70 bits per heavy atom. The van der Waals surface area contributed by atoms with Gasteiger partial charge in [0.25, 0.3) is 0 Å². The fourth-order valence-electron chi connectivity index (χ4n) is 3.00. The summed E-state index contributed by atoms with van der Waals surface area (Å²) in [4.78, 5) is 28.3. The largest absolute Gasteiger partial charge is 0.465 e. The van der Waals surface area contributed by atoms with Gasteiger partial charge < -0.3 is 14.5 Å². The van der Waals surface area contributed by atoms with E-state index in [1.807, 2.05) is 17.0 Å². The molecule has 1 amide bonds. The highest BCUT2D eigenvalue weighted by Gasteiger charge is 2.31. The lowest BCUT2D eigenvalue weighted by atomic mass is 10.1. The maximum absolute atomic E-state index is 12.3. The molecule has 3 rings (SSSR count). The van der Waals surface area contributed by atoms with Gasteiger partial charge in [-0.15, -0.1) is 0 Å². The molecule has 1 aromatic rings. The lowest BCUT2D eigenvalue weighted by Crippen LogP contribution is -2.45.